The molecule has 1 aromatic rings. The molecule has 9 heteroatoms. The molecule has 1 aliphatic rings. The van der Waals surface area contributed by atoms with Crippen LogP contribution >= 0.6 is 10.7 Å². The van der Waals surface area contributed by atoms with Crippen molar-refractivity contribution in [3.63, 3.8) is 0 Å². The standard InChI is InChI=1S/C12H12ClF2NO4S/c1-20-7-2-6(3-7)16-12(17)9-4-8(21(13,18)19)5-10(14)11(9)15/h4-7H,2-3H2,1H3,(H,16,17). The second kappa shape index (κ2) is 5.86. The lowest BCUT2D eigenvalue weighted by molar-refractivity contribution is 0.0175. The van der Waals surface area contributed by atoms with E-state index in [4.69, 9.17) is 15.4 Å². The second-order valence-electron chi connectivity index (χ2n) is 4.70. The van der Waals surface area contributed by atoms with Gasteiger partial charge in [0.1, 0.15) is 0 Å². The number of halogens is 3. The lowest BCUT2D eigenvalue weighted by atomic mass is 9.89. The van der Waals surface area contributed by atoms with Crippen molar-refractivity contribution in [1.29, 1.82) is 0 Å². The number of amides is 1. The highest BCUT2D eigenvalue weighted by atomic mass is 35.7. The first kappa shape index (κ1) is 16.1. The van der Waals surface area contributed by atoms with Gasteiger partial charge in [-0.1, -0.05) is 0 Å². The van der Waals surface area contributed by atoms with Crippen LogP contribution in [0.25, 0.3) is 0 Å². The van der Waals surface area contributed by atoms with Crippen molar-refractivity contribution in [2.75, 3.05) is 7.11 Å². The average molecular weight is 340 g/mol. The van der Waals surface area contributed by atoms with Crippen molar-refractivity contribution in [3.05, 3.63) is 29.3 Å². The number of ether oxygens (including phenoxy) is 1. The van der Waals surface area contributed by atoms with Crippen LogP contribution in [0.4, 0.5) is 8.78 Å². The van der Waals surface area contributed by atoms with E-state index in [2.05, 4.69) is 5.32 Å². The Morgan fingerprint density at radius 1 is 1.38 bits per heavy atom. The van der Waals surface area contributed by atoms with Gasteiger partial charge in [0.25, 0.3) is 15.0 Å². The molecule has 1 fully saturated rings. The normalized spacial score (nSPS) is 21.7. The van der Waals surface area contributed by atoms with E-state index in [9.17, 15) is 22.0 Å². The van der Waals surface area contributed by atoms with Gasteiger partial charge in [0.05, 0.1) is 16.6 Å². The summed E-state index contributed by atoms with van der Waals surface area (Å²) in [4.78, 5) is 11.2. The Balaban J connectivity index is 2.22. The molecule has 1 N–H and O–H groups in total. The van der Waals surface area contributed by atoms with Gasteiger partial charge in [-0.05, 0) is 25.0 Å². The first-order valence-electron chi connectivity index (χ1n) is 5.99. The number of hydrogen-bond acceptors (Lipinski definition) is 4. The van der Waals surface area contributed by atoms with E-state index in [1.165, 1.54) is 7.11 Å². The van der Waals surface area contributed by atoms with E-state index in [-0.39, 0.29) is 12.1 Å². The van der Waals surface area contributed by atoms with Gasteiger partial charge in [0.2, 0.25) is 0 Å². The zero-order valence-electron chi connectivity index (χ0n) is 10.9. The molecule has 0 saturated heterocycles. The predicted octanol–water partition coefficient (Wildman–Crippen LogP) is 1.80. The maximum Gasteiger partial charge on any atom is 0.261 e. The lowest BCUT2D eigenvalue weighted by Gasteiger charge is -2.34. The first-order valence-corrected chi connectivity index (χ1v) is 8.30. The molecule has 0 aliphatic heterocycles. The average Bonchev–Trinajstić information content (AvgIpc) is 2.34. The fraction of sp³-hybridized carbons (Fsp3) is 0.417. The maximum atomic E-state index is 13.6. The van der Waals surface area contributed by atoms with Gasteiger partial charge >= 0.3 is 0 Å². The number of benzene rings is 1. The van der Waals surface area contributed by atoms with Gasteiger partial charge in [0.15, 0.2) is 11.6 Å². The third-order valence-corrected chi connectivity index (χ3v) is 4.62. The van der Waals surface area contributed by atoms with E-state index < -0.39 is 37.1 Å². The molecule has 0 radical (unpaired) electrons. The molecule has 0 heterocycles. The second-order valence-corrected chi connectivity index (χ2v) is 7.27. The van der Waals surface area contributed by atoms with Crippen LogP contribution in [0.15, 0.2) is 17.0 Å². The highest BCUT2D eigenvalue weighted by Gasteiger charge is 2.31. The maximum absolute atomic E-state index is 13.6. The van der Waals surface area contributed by atoms with Crippen molar-refractivity contribution in [1.82, 2.24) is 5.32 Å². The van der Waals surface area contributed by atoms with E-state index in [1.807, 2.05) is 0 Å². The van der Waals surface area contributed by atoms with E-state index >= 15 is 0 Å². The molecule has 116 valence electrons. The summed E-state index contributed by atoms with van der Waals surface area (Å²) in [5.41, 5.74) is -0.699. The van der Waals surface area contributed by atoms with Gasteiger partial charge in [-0.2, -0.15) is 0 Å². The molecule has 2 rings (SSSR count). The molecule has 0 aromatic heterocycles. The summed E-state index contributed by atoms with van der Waals surface area (Å²) >= 11 is 0. The number of carbonyl (C=O) groups excluding carboxylic acids is 1. The van der Waals surface area contributed by atoms with Crippen molar-refractivity contribution >= 4 is 25.6 Å². The molecule has 5 nitrogen and oxygen atoms in total. The van der Waals surface area contributed by atoms with Gasteiger partial charge < -0.3 is 10.1 Å². The lowest BCUT2D eigenvalue weighted by Crippen LogP contribution is -2.47. The topological polar surface area (TPSA) is 72.5 Å². The third-order valence-electron chi connectivity index (χ3n) is 3.29. The van der Waals surface area contributed by atoms with Crippen LogP contribution in [0.3, 0.4) is 0 Å². The van der Waals surface area contributed by atoms with Gasteiger partial charge in [-0.3, -0.25) is 4.79 Å². The minimum absolute atomic E-state index is 0.0198. The molecule has 1 aromatic carbocycles. The Morgan fingerprint density at radius 3 is 2.52 bits per heavy atom. The van der Waals surface area contributed by atoms with Crippen LogP contribution in [-0.2, 0) is 13.8 Å². The molecule has 21 heavy (non-hydrogen) atoms. The largest absolute Gasteiger partial charge is 0.381 e. The molecule has 1 saturated carbocycles. The van der Waals surface area contributed by atoms with Crippen LogP contribution in [0, 0.1) is 11.6 Å². The van der Waals surface area contributed by atoms with Crippen LogP contribution in [0.1, 0.15) is 23.2 Å². The monoisotopic (exact) mass is 339 g/mol. The van der Waals surface area contributed by atoms with Crippen LogP contribution < -0.4 is 5.32 Å². The van der Waals surface area contributed by atoms with Gasteiger partial charge in [-0.15, -0.1) is 0 Å². The summed E-state index contributed by atoms with van der Waals surface area (Å²) in [6, 6.07) is 0.919. The molecule has 0 spiro atoms. The first-order chi connectivity index (χ1) is 9.72. The molecule has 1 aliphatic carbocycles. The summed E-state index contributed by atoms with van der Waals surface area (Å²) in [5.74, 6) is -3.77. The molecule has 0 unspecified atom stereocenters. The van der Waals surface area contributed by atoms with Crippen molar-refractivity contribution < 1.29 is 26.7 Å². The minimum atomic E-state index is -4.27. The summed E-state index contributed by atoms with van der Waals surface area (Å²) in [7, 11) is 2.35. The number of carbonyl (C=O) groups is 1. The van der Waals surface area contributed by atoms with Crippen molar-refractivity contribution in [2.45, 2.75) is 29.9 Å². The van der Waals surface area contributed by atoms with E-state index in [0.717, 1.165) is 0 Å². The Kier molecular flexibility index (Phi) is 4.50. The highest BCUT2D eigenvalue weighted by Crippen LogP contribution is 2.25. The van der Waals surface area contributed by atoms with Gasteiger partial charge in [0, 0.05) is 23.8 Å². The van der Waals surface area contributed by atoms with E-state index in [1.54, 1.807) is 0 Å². The van der Waals surface area contributed by atoms with Crippen molar-refractivity contribution in [2.24, 2.45) is 0 Å². The smallest absolute Gasteiger partial charge is 0.261 e. The van der Waals surface area contributed by atoms with Gasteiger partial charge in [-0.25, -0.2) is 17.2 Å². The molecule has 1 amide bonds. The zero-order chi connectivity index (χ0) is 15.8. The molecular formula is C12H12ClF2NO4S. The molecular weight excluding hydrogens is 328 g/mol. The number of methoxy groups -OCH3 is 1. The SMILES string of the molecule is COC1CC(NC(=O)c2cc(S(=O)(=O)Cl)cc(F)c2F)C1. The summed E-state index contributed by atoms with van der Waals surface area (Å²) in [5, 5.41) is 2.48. The minimum Gasteiger partial charge on any atom is -0.381 e. The van der Waals surface area contributed by atoms with Crippen LogP contribution in [0.2, 0.25) is 0 Å². The number of nitrogens with one attached hydrogen (secondary N) is 1. The van der Waals surface area contributed by atoms with Crippen LogP contribution in [0.5, 0.6) is 0 Å². The Labute approximate surface area is 124 Å². The third kappa shape index (κ3) is 3.50. The fourth-order valence-electron chi connectivity index (χ4n) is 2.01. The van der Waals surface area contributed by atoms with Crippen molar-refractivity contribution in [3.8, 4) is 0 Å². The number of rotatable bonds is 4. The fourth-order valence-corrected chi connectivity index (χ4v) is 2.78. The summed E-state index contributed by atoms with van der Waals surface area (Å²) < 4.78 is 54.4. The Morgan fingerprint density at radius 2 is 2.00 bits per heavy atom. The van der Waals surface area contributed by atoms with E-state index in [0.29, 0.717) is 25.0 Å². The number of hydrogen-bond donors (Lipinski definition) is 1. The summed E-state index contributed by atoms with van der Waals surface area (Å²) in [6.07, 6.45) is 1.13. The zero-order valence-corrected chi connectivity index (χ0v) is 12.5. The molecule has 0 bridgehead atoms. The van der Waals surface area contributed by atoms with Crippen LogP contribution in [-0.4, -0.2) is 33.6 Å². The Bertz CT molecular complexity index is 674. The summed E-state index contributed by atoms with van der Waals surface area (Å²) in [6.45, 7) is 0. The quantitative estimate of drug-likeness (QED) is 0.849. The predicted molar refractivity (Wildman–Crippen MR) is 70.7 cm³/mol. The highest BCUT2D eigenvalue weighted by molar-refractivity contribution is 8.13. The molecule has 0 atom stereocenters. The Hall–Kier alpha value is -1.25.